The smallest absolute Gasteiger partial charge is 0.251 e. The minimum absolute atomic E-state index is 0.0106. The van der Waals surface area contributed by atoms with Gasteiger partial charge in [-0.2, -0.15) is 0 Å². The Morgan fingerprint density at radius 3 is 2.59 bits per heavy atom. The van der Waals surface area contributed by atoms with E-state index in [0.29, 0.717) is 5.92 Å². The molecular weight excluding hydrogens is 212 g/mol. The van der Waals surface area contributed by atoms with Crippen LogP contribution in [0.2, 0.25) is 0 Å². The van der Waals surface area contributed by atoms with Crippen LogP contribution in [-0.2, 0) is 0 Å². The number of amides is 1. The van der Waals surface area contributed by atoms with Gasteiger partial charge in [0.15, 0.2) is 0 Å². The van der Waals surface area contributed by atoms with Crippen LogP contribution < -0.4 is 10.6 Å². The van der Waals surface area contributed by atoms with E-state index in [2.05, 4.69) is 24.5 Å². The SMILES string of the molecule is CNc1ccc(C(=O)NCCC(C)C)cc1C. The maximum Gasteiger partial charge on any atom is 0.251 e. The highest BCUT2D eigenvalue weighted by molar-refractivity contribution is 5.94. The lowest BCUT2D eigenvalue weighted by Gasteiger charge is -2.09. The second-order valence-corrected chi connectivity index (χ2v) is 4.72. The highest BCUT2D eigenvalue weighted by atomic mass is 16.1. The summed E-state index contributed by atoms with van der Waals surface area (Å²) >= 11 is 0. The Balaban J connectivity index is 2.60. The first kappa shape index (κ1) is 13.6. The van der Waals surface area contributed by atoms with E-state index in [4.69, 9.17) is 0 Å². The Labute approximate surface area is 104 Å². The van der Waals surface area contributed by atoms with Crippen molar-refractivity contribution in [3.63, 3.8) is 0 Å². The number of carbonyl (C=O) groups excluding carboxylic acids is 1. The molecule has 0 aliphatic heterocycles. The molecule has 1 aromatic carbocycles. The summed E-state index contributed by atoms with van der Waals surface area (Å²) in [7, 11) is 1.88. The molecular formula is C14H22N2O. The Morgan fingerprint density at radius 1 is 1.35 bits per heavy atom. The fourth-order valence-corrected chi connectivity index (χ4v) is 1.66. The first-order valence-corrected chi connectivity index (χ1v) is 6.11. The van der Waals surface area contributed by atoms with E-state index in [0.717, 1.165) is 29.8 Å². The molecule has 0 aliphatic carbocycles. The standard InChI is InChI=1S/C14H22N2O/c1-10(2)7-8-16-14(17)12-5-6-13(15-4)11(3)9-12/h5-6,9-10,15H,7-8H2,1-4H3,(H,16,17). The lowest BCUT2D eigenvalue weighted by Crippen LogP contribution is -2.25. The first-order chi connectivity index (χ1) is 8.04. The van der Waals surface area contributed by atoms with Gasteiger partial charge in [-0.25, -0.2) is 0 Å². The molecule has 1 aromatic rings. The number of aryl methyl sites for hydroxylation is 1. The van der Waals surface area contributed by atoms with Gasteiger partial charge in [0.25, 0.3) is 5.91 Å². The van der Waals surface area contributed by atoms with Crippen molar-refractivity contribution in [1.29, 1.82) is 0 Å². The van der Waals surface area contributed by atoms with Gasteiger partial charge in [0.05, 0.1) is 0 Å². The number of rotatable bonds is 5. The van der Waals surface area contributed by atoms with Gasteiger partial charge >= 0.3 is 0 Å². The molecule has 0 saturated carbocycles. The van der Waals surface area contributed by atoms with E-state index in [-0.39, 0.29) is 5.91 Å². The zero-order valence-electron chi connectivity index (χ0n) is 11.1. The minimum Gasteiger partial charge on any atom is -0.388 e. The van der Waals surface area contributed by atoms with Crippen LogP contribution in [0.25, 0.3) is 0 Å². The molecule has 0 unspecified atom stereocenters. The fraction of sp³-hybridized carbons (Fsp3) is 0.500. The van der Waals surface area contributed by atoms with Crippen molar-refractivity contribution < 1.29 is 4.79 Å². The maximum absolute atomic E-state index is 11.8. The van der Waals surface area contributed by atoms with Crippen molar-refractivity contribution >= 4 is 11.6 Å². The summed E-state index contributed by atoms with van der Waals surface area (Å²) in [6.07, 6.45) is 1.01. The molecule has 0 bridgehead atoms. The summed E-state index contributed by atoms with van der Waals surface area (Å²) in [6, 6.07) is 5.70. The zero-order valence-corrected chi connectivity index (χ0v) is 11.1. The molecule has 3 heteroatoms. The molecule has 0 saturated heterocycles. The third-order valence-corrected chi connectivity index (χ3v) is 2.77. The summed E-state index contributed by atoms with van der Waals surface area (Å²) in [5, 5.41) is 6.02. The molecule has 0 aromatic heterocycles. The lowest BCUT2D eigenvalue weighted by molar-refractivity contribution is 0.0952. The Kier molecular flexibility index (Phi) is 5.01. The minimum atomic E-state index is 0.0106. The zero-order chi connectivity index (χ0) is 12.8. The predicted octanol–water partition coefficient (Wildman–Crippen LogP) is 2.81. The van der Waals surface area contributed by atoms with Crippen LogP contribution in [0.4, 0.5) is 5.69 Å². The van der Waals surface area contributed by atoms with Crippen molar-refractivity contribution in [2.24, 2.45) is 5.92 Å². The van der Waals surface area contributed by atoms with Crippen LogP contribution in [0, 0.1) is 12.8 Å². The summed E-state index contributed by atoms with van der Waals surface area (Å²) in [4.78, 5) is 11.8. The van der Waals surface area contributed by atoms with E-state index in [1.807, 2.05) is 32.2 Å². The van der Waals surface area contributed by atoms with Gasteiger partial charge in [-0.15, -0.1) is 0 Å². The fourth-order valence-electron chi connectivity index (χ4n) is 1.66. The quantitative estimate of drug-likeness (QED) is 0.822. The van der Waals surface area contributed by atoms with Crippen LogP contribution in [0.3, 0.4) is 0 Å². The second kappa shape index (κ2) is 6.28. The summed E-state index contributed by atoms with van der Waals surface area (Å²) in [5.74, 6) is 0.625. The predicted molar refractivity (Wildman–Crippen MR) is 72.5 cm³/mol. The second-order valence-electron chi connectivity index (χ2n) is 4.72. The molecule has 0 fully saturated rings. The van der Waals surface area contributed by atoms with Crippen LogP contribution in [-0.4, -0.2) is 19.5 Å². The van der Waals surface area contributed by atoms with Gasteiger partial charge in [-0.05, 0) is 43.0 Å². The van der Waals surface area contributed by atoms with Gasteiger partial charge in [0, 0.05) is 24.8 Å². The van der Waals surface area contributed by atoms with Gasteiger partial charge in [-0.1, -0.05) is 13.8 Å². The van der Waals surface area contributed by atoms with Gasteiger partial charge < -0.3 is 10.6 Å². The third kappa shape index (κ3) is 4.10. The molecule has 0 atom stereocenters. The average molecular weight is 234 g/mol. The molecule has 94 valence electrons. The van der Waals surface area contributed by atoms with Crippen LogP contribution in [0.1, 0.15) is 36.2 Å². The average Bonchev–Trinajstić information content (AvgIpc) is 2.28. The van der Waals surface area contributed by atoms with E-state index in [1.54, 1.807) is 0 Å². The third-order valence-electron chi connectivity index (χ3n) is 2.77. The first-order valence-electron chi connectivity index (χ1n) is 6.11. The number of hydrogen-bond donors (Lipinski definition) is 2. The van der Waals surface area contributed by atoms with Gasteiger partial charge in [0.2, 0.25) is 0 Å². The molecule has 0 radical (unpaired) electrons. The molecule has 0 heterocycles. The van der Waals surface area contributed by atoms with E-state index in [1.165, 1.54) is 0 Å². The van der Waals surface area contributed by atoms with Crippen LogP contribution in [0.5, 0.6) is 0 Å². The largest absolute Gasteiger partial charge is 0.388 e. The van der Waals surface area contributed by atoms with Gasteiger partial charge in [0.1, 0.15) is 0 Å². The number of nitrogens with one attached hydrogen (secondary N) is 2. The summed E-state index contributed by atoms with van der Waals surface area (Å²) in [5.41, 5.74) is 2.87. The lowest BCUT2D eigenvalue weighted by atomic mass is 10.1. The highest BCUT2D eigenvalue weighted by Crippen LogP contribution is 2.15. The number of benzene rings is 1. The molecule has 2 N–H and O–H groups in total. The monoisotopic (exact) mass is 234 g/mol. The molecule has 0 spiro atoms. The van der Waals surface area contributed by atoms with Crippen molar-refractivity contribution in [2.45, 2.75) is 27.2 Å². The molecule has 3 nitrogen and oxygen atoms in total. The van der Waals surface area contributed by atoms with E-state index >= 15 is 0 Å². The summed E-state index contributed by atoms with van der Waals surface area (Å²) < 4.78 is 0. The normalized spacial score (nSPS) is 10.4. The Morgan fingerprint density at radius 2 is 2.06 bits per heavy atom. The van der Waals surface area contributed by atoms with Crippen molar-refractivity contribution in [1.82, 2.24) is 5.32 Å². The number of hydrogen-bond acceptors (Lipinski definition) is 2. The number of anilines is 1. The summed E-state index contributed by atoms with van der Waals surface area (Å²) in [6.45, 7) is 7.04. The van der Waals surface area contributed by atoms with Crippen molar-refractivity contribution in [3.05, 3.63) is 29.3 Å². The highest BCUT2D eigenvalue weighted by Gasteiger charge is 2.06. The van der Waals surface area contributed by atoms with Crippen molar-refractivity contribution in [3.8, 4) is 0 Å². The molecule has 1 amide bonds. The molecule has 0 aliphatic rings. The Bertz CT molecular complexity index is 386. The van der Waals surface area contributed by atoms with Crippen LogP contribution in [0.15, 0.2) is 18.2 Å². The molecule has 1 rings (SSSR count). The maximum atomic E-state index is 11.8. The molecule has 17 heavy (non-hydrogen) atoms. The van der Waals surface area contributed by atoms with E-state index in [9.17, 15) is 4.79 Å². The van der Waals surface area contributed by atoms with Gasteiger partial charge in [-0.3, -0.25) is 4.79 Å². The topological polar surface area (TPSA) is 41.1 Å². The van der Waals surface area contributed by atoms with Crippen LogP contribution >= 0.6 is 0 Å². The van der Waals surface area contributed by atoms with E-state index < -0.39 is 0 Å². The Hall–Kier alpha value is -1.51. The van der Waals surface area contributed by atoms with Crippen molar-refractivity contribution in [2.75, 3.05) is 18.9 Å². The number of carbonyl (C=O) groups is 1.